The summed E-state index contributed by atoms with van der Waals surface area (Å²) in [7, 11) is 0. The zero-order valence-electron chi connectivity index (χ0n) is 8.53. The van der Waals surface area contributed by atoms with Crippen molar-refractivity contribution in [1.82, 2.24) is 15.1 Å². The molecule has 1 amide bonds. The second-order valence-electron chi connectivity index (χ2n) is 3.03. The monoisotopic (exact) mass is 321 g/mol. The summed E-state index contributed by atoms with van der Waals surface area (Å²) in [5, 5.41) is 6.56. The second kappa shape index (κ2) is 5.24. The fraction of sp³-hybridized carbons (Fsp3) is 0.444. The molecule has 0 fully saturated rings. The number of halogens is 1. The molecule has 5 nitrogen and oxygen atoms in total. The Balaban J connectivity index is 2.96. The van der Waals surface area contributed by atoms with Crippen molar-refractivity contribution >= 4 is 28.5 Å². The molecule has 0 radical (unpaired) electrons. The highest BCUT2D eigenvalue weighted by molar-refractivity contribution is 14.1. The standard InChI is InChI=1S/C9H12IN3O2/c1-3-11-9(15)6(2)13-8(14)4-7(10)5-12-13/h4-6H,3H2,1-2H3,(H,11,15). The van der Waals surface area contributed by atoms with Gasteiger partial charge in [0.1, 0.15) is 6.04 Å². The first-order valence-corrected chi connectivity index (χ1v) is 5.66. The van der Waals surface area contributed by atoms with Gasteiger partial charge < -0.3 is 5.32 Å². The zero-order chi connectivity index (χ0) is 11.4. The zero-order valence-corrected chi connectivity index (χ0v) is 10.7. The van der Waals surface area contributed by atoms with Gasteiger partial charge in [-0.05, 0) is 36.4 Å². The van der Waals surface area contributed by atoms with E-state index < -0.39 is 6.04 Å². The Kier molecular flexibility index (Phi) is 4.25. The quantitative estimate of drug-likeness (QED) is 0.827. The van der Waals surface area contributed by atoms with E-state index in [1.165, 1.54) is 10.7 Å². The average molecular weight is 321 g/mol. The smallest absolute Gasteiger partial charge is 0.268 e. The fourth-order valence-corrected chi connectivity index (χ4v) is 1.51. The van der Waals surface area contributed by atoms with Gasteiger partial charge in [0, 0.05) is 16.2 Å². The number of likely N-dealkylation sites (N-methyl/N-ethyl adjacent to an activating group) is 1. The Bertz CT molecular complexity index is 416. The van der Waals surface area contributed by atoms with Crippen LogP contribution in [0.2, 0.25) is 0 Å². The minimum absolute atomic E-state index is 0.201. The summed E-state index contributed by atoms with van der Waals surface area (Å²) < 4.78 is 1.93. The van der Waals surface area contributed by atoms with Crippen LogP contribution in [0.3, 0.4) is 0 Å². The molecule has 0 saturated heterocycles. The summed E-state index contributed by atoms with van der Waals surface area (Å²) >= 11 is 2.00. The van der Waals surface area contributed by atoms with Gasteiger partial charge in [-0.3, -0.25) is 9.59 Å². The molecule has 0 aliphatic carbocycles. The Morgan fingerprint density at radius 2 is 2.40 bits per heavy atom. The van der Waals surface area contributed by atoms with Crippen molar-refractivity contribution in [2.24, 2.45) is 0 Å². The van der Waals surface area contributed by atoms with Crippen molar-refractivity contribution < 1.29 is 4.79 Å². The lowest BCUT2D eigenvalue weighted by molar-refractivity contribution is -0.124. The van der Waals surface area contributed by atoms with Crippen LogP contribution in [0.1, 0.15) is 19.9 Å². The molecule has 15 heavy (non-hydrogen) atoms. The maximum Gasteiger partial charge on any atom is 0.268 e. The SMILES string of the molecule is CCNC(=O)C(C)n1ncc(I)cc1=O. The van der Waals surface area contributed by atoms with Gasteiger partial charge in [-0.2, -0.15) is 5.10 Å². The molecule has 1 N–H and O–H groups in total. The van der Waals surface area contributed by atoms with E-state index in [-0.39, 0.29) is 11.5 Å². The molecule has 82 valence electrons. The number of nitrogens with zero attached hydrogens (tertiary/aromatic N) is 2. The number of carbonyl (C=O) groups excluding carboxylic acids is 1. The van der Waals surface area contributed by atoms with Gasteiger partial charge in [-0.25, -0.2) is 4.68 Å². The summed E-state index contributed by atoms with van der Waals surface area (Å²) in [5.41, 5.74) is -0.263. The van der Waals surface area contributed by atoms with Crippen LogP contribution >= 0.6 is 22.6 Å². The molecule has 0 aliphatic rings. The van der Waals surface area contributed by atoms with Crippen LogP contribution in [-0.4, -0.2) is 22.2 Å². The first-order chi connectivity index (χ1) is 7.06. The van der Waals surface area contributed by atoms with Crippen molar-refractivity contribution in [3.05, 3.63) is 26.2 Å². The summed E-state index contributed by atoms with van der Waals surface area (Å²) in [6.07, 6.45) is 1.55. The molecule has 0 aliphatic heterocycles. The Morgan fingerprint density at radius 1 is 1.73 bits per heavy atom. The first-order valence-electron chi connectivity index (χ1n) is 4.58. The third-order valence-electron chi connectivity index (χ3n) is 1.89. The molecular weight excluding hydrogens is 309 g/mol. The molecule has 1 unspecified atom stereocenters. The third-order valence-corrected chi connectivity index (χ3v) is 2.48. The topological polar surface area (TPSA) is 64.0 Å². The second-order valence-corrected chi connectivity index (χ2v) is 4.27. The molecule has 6 heteroatoms. The Hall–Kier alpha value is -0.920. The predicted octanol–water partition coefficient (Wildman–Crippen LogP) is 0.545. The maximum atomic E-state index is 11.5. The summed E-state index contributed by atoms with van der Waals surface area (Å²) in [6.45, 7) is 4.02. The molecule has 1 atom stereocenters. The highest BCUT2D eigenvalue weighted by Crippen LogP contribution is 2.02. The van der Waals surface area contributed by atoms with E-state index in [9.17, 15) is 9.59 Å². The lowest BCUT2D eigenvalue weighted by Crippen LogP contribution is -2.36. The van der Waals surface area contributed by atoms with Crippen molar-refractivity contribution in [3.8, 4) is 0 Å². The molecule has 0 saturated carbocycles. The molecule has 0 aromatic carbocycles. The predicted molar refractivity (Wildman–Crippen MR) is 64.6 cm³/mol. The number of hydrogen-bond acceptors (Lipinski definition) is 3. The molecule has 1 heterocycles. The molecular formula is C9H12IN3O2. The van der Waals surface area contributed by atoms with Gasteiger partial charge in [0.2, 0.25) is 5.91 Å². The maximum absolute atomic E-state index is 11.5. The van der Waals surface area contributed by atoms with Crippen molar-refractivity contribution in [3.63, 3.8) is 0 Å². The summed E-state index contributed by atoms with van der Waals surface area (Å²) in [5.74, 6) is -0.201. The largest absolute Gasteiger partial charge is 0.355 e. The van der Waals surface area contributed by atoms with Crippen molar-refractivity contribution in [1.29, 1.82) is 0 Å². The van der Waals surface area contributed by atoms with E-state index in [0.29, 0.717) is 6.54 Å². The number of nitrogens with one attached hydrogen (secondary N) is 1. The summed E-state index contributed by atoms with van der Waals surface area (Å²) in [6, 6.07) is 0.873. The fourth-order valence-electron chi connectivity index (χ4n) is 1.12. The van der Waals surface area contributed by atoms with Crippen LogP contribution in [0, 0.1) is 3.57 Å². The normalized spacial score (nSPS) is 12.2. The van der Waals surface area contributed by atoms with Crippen LogP contribution in [0.4, 0.5) is 0 Å². The summed E-state index contributed by atoms with van der Waals surface area (Å²) in [4.78, 5) is 23.0. The van der Waals surface area contributed by atoms with Gasteiger partial charge in [0.25, 0.3) is 5.56 Å². The first kappa shape index (κ1) is 12.2. The van der Waals surface area contributed by atoms with E-state index in [2.05, 4.69) is 10.4 Å². The van der Waals surface area contributed by atoms with Gasteiger partial charge in [0.15, 0.2) is 0 Å². The number of carbonyl (C=O) groups is 1. The van der Waals surface area contributed by atoms with Crippen molar-refractivity contribution in [2.75, 3.05) is 6.54 Å². The average Bonchev–Trinajstić information content (AvgIpc) is 2.17. The third kappa shape index (κ3) is 3.01. The number of aromatic nitrogens is 2. The van der Waals surface area contributed by atoms with Gasteiger partial charge >= 0.3 is 0 Å². The lowest BCUT2D eigenvalue weighted by Gasteiger charge is -2.12. The molecule has 1 aromatic heterocycles. The molecule has 1 aromatic rings. The van der Waals surface area contributed by atoms with Crippen LogP contribution < -0.4 is 10.9 Å². The van der Waals surface area contributed by atoms with E-state index in [1.54, 1.807) is 13.1 Å². The van der Waals surface area contributed by atoms with E-state index in [4.69, 9.17) is 0 Å². The van der Waals surface area contributed by atoms with Crippen LogP contribution in [0.15, 0.2) is 17.1 Å². The van der Waals surface area contributed by atoms with Crippen molar-refractivity contribution in [2.45, 2.75) is 19.9 Å². The van der Waals surface area contributed by atoms with Gasteiger partial charge in [-0.1, -0.05) is 0 Å². The number of amides is 1. The van der Waals surface area contributed by atoms with E-state index in [0.717, 1.165) is 3.57 Å². The van der Waals surface area contributed by atoms with E-state index >= 15 is 0 Å². The highest BCUT2D eigenvalue weighted by Gasteiger charge is 2.15. The Morgan fingerprint density at radius 3 is 2.93 bits per heavy atom. The molecule has 0 spiro atoms. The minimum atomic E-state index is -0.575. The minimum Gasteiger partial charge on any atom is -0.355 e. The van der Waals surface area contributed by atoms with Crippen LogP contribution in [0.5, 0.6) is 0 Å². The highest BCUT2D eigenvalue weighted by atomic mass is 127. The lowest BCUT2D eigenvalue weighted by atomic mass is 10.3. The number of rotatable bonds is 3. The molecule has 1 rings (SSSR count). The van der Waals surface area contributed by atoms with E-state index in [1.807, 2.05) is 29.5 Å². The Labute approximate surface area is 101 Å². The number of hydrogen-bond donors (Lipinski definition) is 1. The molecule has 0 bridgehead atoms. The van der Waals surface area contributed by atoms with Gasteiger partial charge in [0.05, 0.1) is 6.20 Å². The van der Waals surface area contributed by atoms with Crippen LogP contribution in [-0.2, 0) is 4.79 Å². The van der Waals surface area contributed by atoms with Crippen LogP contribution in [0.25, 0.3) is 0 Å². The van der Waals surface area contributed by atoms with Gasteiger partial charge in [-0.15, -0.1) is 0 Å².